The number of hydrogen-bond donors (Lipinski definition) is 1. The molecule has 7 nitrogen and oxygen atoms in total. The van der Waals surface area contributed by atoms with Crippen LogP contribution in [0, 0.1) is 0 Å². The van der Waals surface area contributed by atoms with E-state index in [0.717, 1.165) is 12.8 Å². The molecule has 2 rings (SSSR count). The molecule has 0 saturated carbocycles. The van der Waals surface area contributed by atoms with E-state index in [9.17, 15) is 9.59 Å². The van der Waals surface area contributed by atoms with Gasteiger partial charge in [0, 0.05) is 24.8 Å². The lowest BCUT2D eigenvalue weighted by molar-refractivity contribution is 0.0749. The first-order valence-electron chi connectivity index (χ1n) is 9.33. The van der Waals surface area contributed by atoms with Crippen molar-refractivity contribution in [1.29, 1.82) is 0 Å². The monoisotopic (exact) mass is 385 g/mol. The second-order valence-corrected chi connectivity index (χ2v) is 6.22. The molecule has 2 aromatic rings. The van der Waals surface area contributed by atoms with Crippen LogP contribution in [0.15, 0.2) is 36.4 Å². The zero-order valence-corrected chi connectivity index (χ0v) is 16.8. The summed E-state index contributed by atoms with van der Waals surface area (Å²) in [6.07, 6.45) is 1.73. The van der Waals surface area contributed by atoms with E-state index in [0.29, 0.717) is 30.3 Å². The Balaban J connectivity index is 2.18. The van der Waals surface area contributed by atoms with E-state index in [2.05, 4.69) is 10.3 Å². The third kappa shape index (κ3) is 5.22. The zero-order valence-electron chi connectivity index (χ0n) is 16.8. The number of benzene rings is 1. The summed E-state index contributed by atoms with van der Waals surface area (Å²) in [5, 5.41) is 2.77. The normalized spacial score (nSPS) is 10.3. The van der Waals surface area contributed by atoms with Crippen molar-refractivity contribution < 1.29 is 19.1 Å². The highest BCUT2D eigenvalue weighted by atomic mass is 16.5. The van der Waals surface area contributed by atoms with E-state index in [4.69, 9.17) is 9.47 Å². The van der Waals surface area contributed by atoms with Gasteiger partial charge in [-0.2, -0.15) is 0 Å². The SMILES string of the molecule is CCCN(CCC)C(=O)c1cccc(C(=O)Nc2ccc(OC)c(OC)c2)n1. The topological polar surface area (TPSA) is 80.8 Å². The van der Waals surface area contributed by atoms with Crippen molar-refractivity contribution in [2.24, 2.45) is 0 Å². The second-order valence-electron chi connectivity index (χ2n) is 6.22. The average molecular weight is 385 g/mol. The number of aromatic nitrogens is 1. The molecule has 150 valence electrons. The zero-order chi connectivity index (χ0) is 20.5. The molecule has 0 radical (unpaired) electrons. The molecule has 7 heteroatoms. The maximum atomic E-state index is 12.7. The lowest BCUT2D eigenvalue weighted by Crippen LogP contribution is -2.33. The number of pyridine rings is 1. The molecule has 0 bridgehead atoms. The highest BCUT2D eigenvalue weighted by Gasteiger charge is 2.18. The van der Waals surface area contributed by atoms with Crippen LogP contribution in [0.4, 0.5) is 5.69 Å². The molecule has 1 N–H and O–H groups in total. The van der Waals surface area contributed by atoms with Gasteiger partial charge in [0.1, 0.15) is 11.4 Å². The molecule has 0 aliphatic heterocycles. The van der Waals surface area contributed by atoms with Gasteiger partial charge in [-0.15, -0.1) is 0 Å². The summed E-state index contributed by atoms with van der Waals surface area (Å²) in [6, 6.07) is 9.95. The first kappa shape index (κ1) is 21.2. The maximum Gasteiger partial charge on any atom is 0.274 e. The number of anilines is 1. The molecule has 1 aromatic heterocycles. The number of nitrogens with zero attached hydrogens (tertiary/aromatic N) is 2. The average Bonchev–Trinajstić information content (AvgIpc) is 2.73. The van der Waals surface area contributed by atoms with E-state index < -0.39 is 5.91 Å². The Morgan fingerprint density at radius 2 is 1.61 bits per heavy atom. The number of ether oxygens (including phenoxy) is 2. The minimum absolute atomic E-state index is 0.163. The summed E-state index contributed by atoms with van der Waals surface area (Å²) in [5.41, 5.74) is 0.982. The van der Waals surface area contributed by atoms with E-state index in [1.807, 2.05) is 13.8 Å². The van der Waals surface area contributed by atoms with Gasteiger partial charge in [0.05, 0.1) is 14.2 Å². The highest BCUT2D eigenvalue weighted by Crippen LogP contribution is 2.29. The Morgan fingerprint density at radius 3 is 2.21 bits per heavy atom. The quantitative estimate of drug-likeness (QED) is 0.713. The summed E-state index contributed by atoms with van der Waals surface area (Å²) in [7, 11) is 3.07. The van der Waals surface area contributed by atoms with Gasteiger partial charge in [-0.05, 0) is 37.1 Å². The third-order valence-electron chi connectivity index (χ3n) is 4.12. The van der Waals surface area contributed by atoms with Crippen LogP contribution >= 0.6 is 0 Å². The predicted molar refractivity (Wildman–Crippen MR) is 108 cm³/mol. The Bertz CT molecular complexity index is 817. The van der Waals surface area contributed by atoms with Crippen LogP contribution in [0.25, 0.3) is 0 Å². The molecule has 0 unspecified atom stereocenters. The van der Waals surface area contributed by atoms with Gasteiger partial charge in [-0.1, -0.05) is 19.9 Å². The second kappa shape index (κ2) is 10.3. The van der Waals surface area contributed by atoms with Gasteiger partial charge in [0.25, 0.3) is 11.8 Å². The summed E-state index contributed by atoms with van der Waals surface area (Å²) in [6.45, 7) is 5.37. The van der Waals surface area contributed by atoms with E-state index in [1.165, 1.54) is 7.11 Å². The predicted octanol–water partition coefficient (Wildman–Crippen LogP) is 3.61. The molecule has 0 fully saturated rings. The van der Waals surface area contributed by atoms with Crippen molar-refractivity contribution in [2.75, 3.05) is 32.6 Å². The van der Waals surface area contributed by atoms with Crippen LogP contribution in [-0.4, -0.2) is 49.0 Å². The molecular formula is C21H27N3O4. The summed E-state index contributed by atoms with van der Waals surface area (Å²) >= 11 is 0. The molecule has 0 atom stereocenters. The largest absolute Gasteiger partial charge is 0.493 e. The van der Waals surface area contributed by atoms with Crippen LogP contribution < -0.4 is 14.8 Å². The fraction of sp³-hybridized carbons (Fsp3) is 0.381. The Kier molecular flexibility index (Phi) is 7.80. The van der Waals surface area contributed by atoms with Crippen LogP contribution in [0.1, 0.15) is 47.7 Å². The standard InChI is InChI=1S/C21H27N3O4/c1-5-12-24(13-6-2)21(26)17-9-7-8-16(23-17)20(25)22-15-10-11-18(27-3)19(14-15)28-4/h7-11,14H,5-6,12-13H2,1-4H3,(H,22,25). The Hall–Kier alpha value is -3.09. The Morgan fingerprint density at radius 1 is 0.964 bits per heavy atom. The number of nitrogens with one attached hydrogen (secondary N) is 1. The highest BCUT2D eigenvalue weighted by molar-refractivity contribution is 6.04. The molecule has 0 saturated heterocycles. The molecule has 1 aromatic carbocycles. The number of amides is 2. The molecule has 0 aliphatic carbocycles. The molecule has 0 spiro atoms. The van der Waals surface area contributed by atoms with Crippen molar-refractivity contribution in [3.8, 4) is 11.5 Å². The summed E-state index contributed by atoms with van der Waals surface area (Å²) in [4.78, 5) is 31.3. The first-order valence-corrected chi connectivity index (χ1v) is 9.33. The minimum Gasteiger partial charge on any atom is -0.493 e. The van der Waals surface area contributed by atoms with Crippen LogP contribution in [-0.2, 0) is 0 Å². The maximum absolute atomic E-state index is 12.7. The van der Waals surface area contributed by atoms with Crippen molar-refractivity contribution in [1.82, 2.24) is 9.88 Å². The summed E-state index contributed by atoms with van der Waals surface area (Å²) < 4.78 is 10.4. The van der Waals surface area contributed by atoms with Crippen LogP contribution in [0.3, 0.4) is 0 Å². The number of carbonyl (C=O) groups excluding carboxylic acids is 2. The van der Waals surface area contributed by atoms with Crippen LogP contribution in [0.5, 0.6) is 11.5 Å². The van der Waals surface area contributed by atoms with Crippen LogP contribution in [0.2, 0.25) is 0 Å². The van der Waals surface area contributed by atoms with Gasteiger partial charge in [-0.25, -0.2) is 4.98 Å². The fourth-order valence-electron chi connectivity index (χ4n) is 2.81. The van der Waals surface area contributed by atoms with Gasteiger partial charge in [0.15, 0.2) is 11.5 Å². The lowest BCUT2D eigenvalue weighted by Gasteiger charge is -2.21. The fourth-order valence-corrected chi connectivity index (χ4v) is 2.81. The minimum atomic E-state index is -0.403. The Labute approximate surface area is 165 Å². The van der Waals surface area contributed by atoms with Gasteiger partial charge >= 0.3 is 0 Å². The number of methoxy groups -OCH3 is 2. The summed E-state index contributed by atoms with van der Waals surface area (Å²) in [5.74, 6) is 0.508. The molecule has 2 amide bonds. The molecular weight excluding hydrogens is 358 g/mol. The lowest BCUT2D eigenvalue weighted by atomic mass is 10.2. The number of carbonyl (C=O) groups is 2. The third-order valence-corrected chi connectivity index (χ3v) is 4.12. The van der Waals surface area contributed by atoms with E-state index in [1.54, 1.807) is 48.4 Å². The number of hydrogen-bond acceptors (Lipinski definition) is 5. The van der Waals surface area contributed by atoms with Crippen molar-refractivity contribution in [2.45, 2.75) is 26.7 Å². The molecule has 1 heterocycles. The van der Waals surface area contributed by atoms with Crippen molar-refractivity contribution >= 4 is 17.5 Å². The number of rotatable bonds is 9. The molecule has 28 heavy (non-hydrogen) atoms. The molecule has 0 aliphatic rings. The first-order chi connectivity index (χ1) is 13.5. The van der Waals surface area contributed by atoms with E-state index in [-0.39, 0.29) is 17.3 Å². The van der Waals surface area contributed by atoms with Crippen molar-refractivity contribution in [3.63, 3.8) is 0 Å². The smallest absolute Gasteiger partial charge is 0.274 e. The van der Waals surface area contributed by atoms with Gasteiger partial charge < -0.3 is 19.7 Å². The van der Waals surface area contributed by atoms with Crippen molar-refractivity contribution in [3.05, 3.63) is 47.8 Å². The van der Waals surface area contributed by atoms with E-state index >= 15 is 0 Å². The van der Waals surface area contributed by atoms with Gasteiger partial charge in [0.2, 0.25) is 0 Å². The van der Waals surface area contributed by atoms with Gasteiger partial charge in [-0.3, -0.25) is 9.59 Å².